The van der Waals surface area contributed by atoms with Crippen molar-refractivity contribution in [2.45, 2.75) is 52.7 Å². The molecule has 0 spiro atoms. The Balaban J connectivity index is 3.59. The van der Waals surface area contributed by atoms with Crippen molar-refractivity contribution >= 4 is 0 Å². The third-order valence-corrected chi connectivity index (χ3v) is 2.13. The van der Waals surface area contributed by atoms with Gasteiger partial charge in [-0.3, -0.25) is 0 Å². The third-order valence-electron chi connectivity index (χ3n) is 2.13. The molecule has 4 nitrogen and oxygen atoms in total. The van der Waals surface area contributed by atoms with Gasteiger partial charge < -0.3 is 18.9 Å². The van der Waals surface area contributed by atoms with Gasteiger partial charge in [0.2, 0.25) is 0 Å². The molecule has 0 saturated heterocycles. The summed E-state index contributed by atoms with van der Waals surface area (Å²) in [6.07, 6.45) is 7.31. The van der Waals surface area contributed by atoms with Gasteiger partial charge in [-0.25, -0.2) is 0 Å². The van der Waals surface area contributed by atoms with Gasteiger partial charge in [-0.15, -0.1) is 0 Å². The predicted octanol–water partition coefficient (Wildman–Crippen LogP) is 3.47. The fourth-order valence-corrected chi connectivity index (χ4v) is 1.25. The summed E-state index contributed by atoms with van der Waals surface area (Å²) in [7, 11) is 0. The van der Waals surface area contributed by atoms with Crippen LogP contribution in [0.15, 0.2) is 12.3 Å². The van der Waals surface area contributed by atoms with Crippen molar-refractivity contribution in [3.05, 3.63) is 12.3 Å². The summed E-state index contributed by atoms with van der Waals surface area (Å²) in [5.74, 6) is 0. The summed E-state index contributed by atoms with van der Waals surface area (Å²) in [6.45, 7) is 8.61. The van der Waals surface area contributed by atoms with Crippen LogP contribution in [-0.4, -0.2) is 32.9 Å². The van der Waals surface area contributed by atoms with Gasteiger partial charge in [-0.1, -0.05) is 13.8 Å². The topological polar surface area (TPSA) is 36.9 Å². The van der Waals surface area contributed by atoms with E-state index in [2.05, 4.69) is 13.8 Å². The van der Waals surface area contributed by atoms with Crippen molar-refractivity contribution in [1.82, 2.24) is 0 Å². The molecule has 0 aromatic heterocycles. The highest BCUT2D eigenvalue weighted by Gasteiger charge is 2.06. The minimum Gasteiger partial charge on any atom is -0.475 e. The Morgan fingerprint density at radius 2 is 1.67 bits per heavy atom. The van der Waals surface area contributed by atoms with Crippen LogP contribution >= 0.6 is 0 Å². The van der Waals surface area contributed by atoms with Crippen LogP contribution in [0.2, 0.25) is 0 Å². The monoisotopic (exact) mass is 260 g/mol. The van der Waals surface area contributed by atoms with Gasteiger partial charge in [0.15, 0.2) is 13.1 Å². The van der Waals surface area contributed by atoms with E-state index in [-0.39, 0.29) is 6.29 Å². The van der Waals surface area contributed by atoms with Gasteiger partial charge in [0.1, 0.15) is 0 Å². The predicted molar refractivity (Wildman–Crippen MR) is 72.2 cm³/mol. The number of hydrogen-bond donors (Lipinski definition) is 0. The molecule has 0 unspecified atom stereocenters. The summed E-state index contributed by atoms with van der Waals surface area (Å²) in [4.78, 5) is 0. The van der Waals surface area contributed by atoms with E-state index in [0.29, 0.717) is 13.4 Å². The van der Waals surface area contributed by atoms with Crippen molar-refractivity contribution in [2.75, 3.05) is 26.6 Å². The first-order chi connectivity index (χ1) is 8.85. The minimum absolute atomic E-state index is 0.0959. The highest BCUT2D eigenvalue weighted by Crippen LogP contribution is 2.06. The lowest BCUT2D eigenvalue weighted by molar-refractivity contribution is -0.145. The summed E-state index contributed by atoms with van der Waals surface area (Å²) < 4.78 is 21.4. The van der Waals surface area contributed by atoms with Gasteiger partial charge in [0.25, 0.3) is 0 Å². The molecule has 0 aliphatic carbocycles. The molecular weight excluding hydrogens is 232 g/mol. The van der Waals surface area contributed by atoms with Crippen LogP contribution in [0.25, 0.3) is 0 Å². The second-order valence-corrected chi connectivity index (χ2v) is 3.90. The van der Waals surface area contributed by atoms with Crippen molar-refractivity contribution < 1.29 is 18.9 Å². The fraction of sp³-hybridized carbons (Fsp3) is 0.857. The van der Waals surface area contributed by atoms with Crippen molar-refractivity contribution in [2.24, 2.45) is 0 Å². The quantitative estimate of drug-likeness (QED) is 0.289. The summed E-state index contributed by atoms with van der Waals surface area (Å²) in [5.41, 5.74) is 0. The van der Waals surface area contributed by atoms with Crippen LogP contribution in [0.3, 0.4) is 0 Å². The zero-order valence-electron chi connectivity index (χ0n) is 12.0. The van der Waals surface area contributed by atoms with Crippen molar-refractivity contribution in [3.8, 4) is 0 Å². The molecular formula is C14H28O4. The molecule has 0 amide bonds. The second kappa shape index (κ2) is 14.5. The average Bonchev–Trinajstić information content (AvgIpc) is 2.40. The smallest absolute Gasteiger partial charge is 0.188 e. The maximum atomic E-state index is 5.62. The van der Waals surface area contributed by atoms with Crippen LogP contribution in [0.5, 0.6) is 0 Å². The lowest BCUT2D eigenvalue weighted by Crippen LogP contribution is -2.18. The second-order valence-electron chi connectivity index (χ2n) is 3.90. The number of rotatable bonds is 13. The highest BCUT2D eigenvalue weighted by molar-refractivity contribution is 4.73. The van der Waals surface area contributed by atoms with Gasteiger partial charge >= 0.3 is 0 Å². The Morgan fingerprint density at radius 3 is 2.22 bits per heavy atom. The first-order valence-electron chi connectivity index (χ1n) is 6.92. The molecule has 0 aromatic carbocycles. The van der Waals surface area contributed by atoms with E-state index in [1.54, 1.807) is 6.26 Å². The third kappa shape index (κ3) is 11.9. The minimum atomic E-state index is -0.0959. The zero-order chi connectivity index (χ0) is 13.5. The molecule has 0 N–H and O–H groups in total. The van der Waals surface area contributed by atoms with Gasteiger partial charge in [0.05, 0.1) is 6.26 Å². The standard InChI is InChI=1S/C14H28O4/c1-4-10-17-14(18-11-5-2)9-7-8-12-16-13-15-6-3/h8,12,14H,4-7,9-11,13H2,1-3H3. The summed E-state index contributed by atoms with van der Waals surface area (Å²) in [6, 6.07) is 0. The molecule has 4 heteroatoms. The Labute approximate surface area is 111 Å². The molecule has 0 bridgehead atoms. The zero-order valence-corrected chi connectivity index (χ0v) is 12.0. The van der Waals surface area contributed by atoms with E-state index in [0.717, 1.165) is 38.9 Å². The van der Waals surface area contributed by atoms with E-state index >= 15 is 0 Å². The molecule has 0 atom stereocenters. The van der Waals surface area contributed by atoms with Crippen LogP contribution in [-0.2, 0) is 18.9 Å². The lowest BCUT2D eigenvalue weighted by Gasteiger charge is -2.17. The average molecular weight is 260 g/mol. The van der Waals surface area contributed by atoms with Crippen molar-refractivity contribution in [3.63, 3.8) is 0 Å². The molecule has 0 aliphatic heterocycles. The van der Waals surface area contributed by atoms with Crippen LogP contribution in [0.4, 0.5) is 0 Å². The lowest BCUT2D eigenvalue weighted by atomic mass is 10.3. The first kappa shape index (κ1) is 17.4. The fourth-order valence-electron chi connectivity index (χ4n) is 1.25. The molecule has 0 heterocycles. The molecule has 18 heavy (non-hydrogen) atoms. The molecule has 0 saturated carbocycles. The summed E-state index contributed by atoms with van der Waals surface area (Å²) in [5, 5.41) is 0. The van der Waals surface area contributed by atoms with E-state index < -0.39 is 0 Å². The van der Waals surface area contributed by atoms with Gasteiger partial charge in [-0.2, -0.15) is 0 Å². The maximum Gasteiger partial charge on any atom is 0.188 e. The Kier molecular flexibility index (Phi) is 14.0. The van der Waals surface area contributed by atoms with E-state index in [1.807, 2.05) is 13.0 Å². The van der Waals surface area contributed by atoms with Crippen LogP contribution in [0, 0.1) is 0 Å². The van der Waals surface area contributed by atoms with Crippen LogP contribution in [0.1, 0.15) is 46.5 Å². The van der Waals surface area contributed by atoms with E-state index in [4.69, 9.17) is 18.9 Å². The van der Waals surface area contributed by atoms with E-state index in [1.165, 1.54) is 0 Å². The Morgan fingerprint density at radius 1 is 1.00 bits per heavy atom. The first-order valence-corrected chi connectivity index (χ1v) is 6.92. The normalized spacial score (nSPS) is 11.6. The Bertz CT molecular complexity index is 175. The highest BCUT2D eigenvalue weighted by atomic mass is 16.7. The number of allylic oxidation sites excluding steroid dienone is 1. The molecule has 0 radical (unpaired) electrons. The number of ether oxygens (including phenoxy) is 4. The molecule has 0 fully saturated rings. The molecule has 0 rings (SSSR count). The number of hydrogen-bond acceptors (Lipinski definition) is 4. The van der Waals surface area contributed by atoms with Gasteiger partial charge in [0, 0.05) is 26.2 Å². The van der Waals surface area contributed by atoms with Crippen LogP contribution < -0.4 is 0 Å². The Hall–Kier alpha value is -0.580. The largest absolute Gasteiger partial charge is 0.475 e. The van der Waals surface area contributed by atoms with Gasteiger partial charge in [-0.05, 0) is 32.3 Å². The molecule has 108 valence electrons. The SMILES string of the molecule is CCCOC(CCC=COCOCC)OCCC. The summed E-state index contributed by atoms with van der Waals surface area (Å²) >= 11 is 0. The molecule has 0 aliphatic rings. The maximum absolute atomic E-state index is 5.62. The van der Waals surface area contributed by atoms with E-state index in [9.17, 15) is 0 Å². The van der Waals surface area contributed by atoms with Crippen molar-refractivity contribution in [1.29, 1.82) is 0 Å². The molecule has 0 aromatic rings.